The first-order valence-corrected chi connectivity index (χ1v) is 7.17. The lowest BCUT2D eigenvalue weighted by Crippen LogP contribution is -2.44. The van der Waals surface area contributed by atoms with Crippen LogP contribution in [0.4, 0.5) is 5.82 Å². The van der Waals surface area contributed by atoms with Crippen LogP contribution in [-0.2, 0) is 14.3 Å². The Labute approximate surface area is 123 Å². The summed E-state index contributed by atoms with van der Waals surface area (Å²) in [6.07, 6.45) is 3.32. The molecule has 1 atom stereocenters. The van der Waals surface area contributed by atoms with E-state index in [4.69, 9.17) is 4.74 Å². The summed E-state index contributed by atoms with van der Waals surface area (Å²) in [6, 6.07) is 1.55. The minimum Gasteiger partial charge on any atom is -0.376 e. The summed E-state index contributed by atoms with van der Waals surface area (Å²) < 4.78 is 10.2. The van der Waals surface area contributed by atoms with Gasteiger partial charge in [0.25, 0.3) is 0 Å². The fourth-order valence-electron chi connectivity index (χ4n) is 2.26. The predicted molar refractivity (Wildman–Crippen MR) is 75.5 cm³/mol. The molecule has 1 N–H and O–H groups in total. The SMILES string of the molecule is CC(C)C(=O)N(CC(=O)Nc1ccon1)CC1CCCO1. The molecule has 7 nitrogen and oxygen atoms in total. The summed E-state index contributed by atoms with van der Waals surface area (Å²) in [5, 5.41) is 6.20. The van der Waals surface area contributed by atoms with Crippen LogP contribution in [0, 0.1) is 5.92 Å². The number of nitrogens with zero attached hydrogens (tertiary/aromatic N) is 2. The van der Waals surface area contributed by atoms with E-state index in [0.717, 1.165) is 19.4 Å². The van der Waals surface area contributed by atoms with Crippen LogP contribution in [0.2, 0.25) is 0 Å². The average Bonchev–Trinajstić information content (AvgIpc) is 3.10. The highest BCUT2D eigenvalue weighted by Gasteiger charge is 2.25. The molecule has 0 saturated carbocycles. The summed E-state index contributed by atoms with van der Waals surface area (Å²) in [5.74, 6) is -0.169. The molecule has 2 amide bonds. The van der Waals surface area contributed by atoms with E-state index in [1.54, 1.807) is 11.0 Å². The molecule has 7 heteroatoms. The zero-order chi connectivity index (χ0) is 15.2. The van der Waals surface area contributed by atoms with Crippen LogP contribution >= 0.6 is 0 Å². The summed E-state index contributed by atoms with van der Waals surface area (Å²) in [7, 11) is 0. The van der Waals surface area contributed by atoms with Crippen LogP contribution < -0.4 is 5.32 Å². The minimum atomic E-state index is -0.295. The molecule has 1 aliphatic rings. The van der Waals surface area contributed by atoms with E-state index in [2.05, 4.69) is 15.0 Å². The Bertz CT molecular complexity index is 467. The summed E-state index contributed by atoms with van der Waals surface area (Å²) in [4.78, 5) is 25.8. The van der Waals surface area contributed by atoms with E-state index in [1.165, 1.54) is 6.26 Å². The topological polar surface area (TPSA) is 84.7 Å². The Morgan fingerprint density at radius 2 is 2.33 bits per heavy atom. The second kappa shape index (κ2) is 7.21. The van der Waals surface area contributed by atoms with Gasteiger partial charge in [-0.25, -0.2) is 0 Å². The van der Waals surface area contributed by atoms with Crippen molar-refractivity contribution in [2.24, 2.45) is 5.92 Å². The first kappa shape index (κ1) is 15.5. The van der Waals surface area contributed by atoms with Crippen molar-refractivity contribution in [1.29, 1.82) is 0 Å². The molecule has 1 saturated heterocycles. The van der Waals surface area contributed by atoms with Gasteiger partial charge >= 0.3 is 0 Å². The van der Waals surface area contributed by atoms with Crippen molar-refractivity contribution >= 4 is 17.6 Å². The number of carbonyl (C=O) groups excluding carboxylic acids is 2. The molecule has 1 aromatic heterocycles. The number of anilines is 1. The number of carbonyl (C=O) groups is 2. The van der Waals surface area contributed by atoms with Gasteiger partial charge in [-0.2, -0.15) is 0 Å². The second-order valence-corrected chi connectivity index (χ2v) is 5.44. The third-order valence-corrected chi connectivity index (χ3v) is 3.29. The zero-order valence-corrected chi connectivity index (χ0v) is 12.4. The molecule has 1 fully saturated rings. The minimum absolute atomic E-state index is 0.0102. The molecule has 116 valence electrons. The first-order chi connectivity index (χ1) is 10.1. The quantitative estimate of drug-likeness (QED) is 0.854. The predicted octanol–water partition coefficient (Wildman–Crippen LogP) is 1.28. The van der Waals surface area contributed by atoms with Crippen molar-refractivity contribution in [3.63, 3.8) is 0 Å². The maximum atomic E-state index is 12.2. The van der Waals surface area contributed by atoms with E-state index in [0.29, 0.717) is 12.4 Å². The van der Waals surface area contributed by atoms with Crippen molar-refractivity contribution in [3.8, 4) is 0 Å². The molecule has 2 heterocycles. The Morgan fingerprint density at radius 1 is 1.52 bits per heavy atom. The zero-order valence-electron chi connectivity index (χ0n) is 12.4. The molecule has 1 aliphatic heterocycles. The van der Waals surface area contributed by atoms with Gasteiger partial charge in [-0.15, -0.1) is 0 Å². The normalized spacial score (nSPS) is 18.0. The highest BCUT2D eigenvalue weighted by molar-refractivity contribution is 5.93. The lowest BCUT2D eigenvalue weighted by molar-refractivity contribution is -0.139. The van der Waals surface area contributed by atoms with Crippen LogP contribution in [0.5, 0.6) is 0 Å². The first-order valence-electron chi connectivity index (χ1n) is 7.17. The van der Waals surface area contributed by atoms with Gasteiger partial charge in [-0.3, -0.25) is 9.59 Å². The standard InChI is InChI=1S/C14H21N3O4/c1-10(2)14(19)17(8-11-4-3-6-20-11)9-13(18)15-12-5-7-21-16-12/h5,7,10-11H,3-4,6,8-9H2,1-2H3,(H,15,16,18). The number of nitrogens with one attached hydrogen (secondary N) is 1. The maximum Gasteiger partial charge on any atom is 0.245 e. The Morgan fingerprint density at radius 3 is 2.90 bits per heavy atom. The molecule has 0 radical (unpaired) electrons. The molecule has 0 bridgehead atoms. The molecule has 0 spiro atoms. The van der Waals surface area contributed by atoms with Crippen LogP contribution in [0.1, 0.15) is 26.7 Å². The number of hydrogen-bond acceptors (Lipinski definition) is 5. The van der Waals surface area contributed by atoms with Crippen molar-refractivity contribution in [2.75, 3.05) is 25.0 Å². The lowest BCUT2D eigenvalue weighted by atomic mass is 10.1. The lowest BCUT2D eigenvalue weighted by Gasteiger charge is -2.26. The Kier molecular flexibility index (Phi) is 5.32. The fraction of sp³-hybridized carbons (Fsp3) is 0.643. The van der Waals surface area contributed by atoms with Gasteiger partial charge in [0.05, 0.1) is 6.10 Å². The van der Waals surface area contributed by atoms with Crippen molar-refractivity contribution < 1.29 is 18.8 Å². The van der Waals surface area contributed by atoms with Gasteiger partial charge in [0.1, 0.15) is 12.8 Å². The van der Waals surface area contributed by atoms with Gasteiger partial charge in [0.2, 0.25) is 11.8 Å². The Hall–Kier alpha value is -1.89. The fourth-order valence-corrected chi connectivity index (χ4v) is 2.26. The van der Waals surface area contributed by atoms with E-state index in [9.17, 15) is 9.59 Å². The molecule has 0 aliphatic carbocycles. The highest BCUT2D eigenvalue weighted by atomic mass is 16.5. The van der Waals surface area contributed by atoms with Crippen molar-refractivity contribution in [2.45, 2.75) is 32.8 Å². The molecule has 1 aromatic rings. The van der Waals surface area contributed by atoms with E-state index >= 15 is 0 Å². The number of hydrogen-bond donors (Lipinski definition) is 1. The second-order valence-electron chi connectivity index (χ2n) is 5.44. The van der Waals surface area contributed by atoms with E-state index in [-0.39, 0.29) is 30.4 Å². The van der Waals surface area contributed by atoms with Crippen LogP contribution in [0.3, 0.4) is 0 Å². The number of amides is 2. The Balaban J connectivity index is 1.93. The van der Waals surface area contributed by atoms with Crippen LogP contribution in [0.15, 0.2) is 16.9 Å². The number of ether oxygens (including phenoxy) is 1. The van der Waals surface area contributed by atoms with Gasteiger partial charge < -0.3 is 19.5 Å². The summed E-state index contributed by atoms with van der Waals surface area (Å²) >= 11 is 0. The number of aromatic nitrogens is 1. The average molecular weight is 295 g/mol. The van der Waals surface area contributed by atoms with E-state index in [1.807, 2.05) is 13.8 Å². The molecular weight excluding hydrogens is 274 g/mol. The molecule has 2 rings (SSSR count). The maximum absolute atomic E-state index is 12.2. The number of rotatable bonds is 6. The van der Waals surface area contributed by atoms with Crippen molar-refractivity contribution in [1.82, 2.24) is 10.1 Å². The molecular formula is C14H21N3O4. The van der Waals surface area contributed by atoms with Gasteiger partial charge in [-0.1, -0.05) is 19.0 Å². The van der Waals surface area contributed by atoms with Gasteiger partial charge in [-0.05, 0) is 12.8 Å². The molecule has 21 heavy (non-hydrogen) atoms. The summed E-state index contributed by atoms with van der Waals surface area (Å²) in [5.41, 5.74) is 0. The molecule has 0 aromatic carbocycles. The van der Waals surface area contributed by atoms with Gasteiger partial charge in [0, 0.05) is 25.1 Å². The largest absolute Gasteiger partial charge is 0.376 e. The van der Waals surface area contributed by atoms with E-state index < -0.39 is 0 Å². The van der Waals surface area contributed by atoms with Crippen LogP contribution in [0.25, 0.3) is 0 Å². The smallest absolute Gasteiger partial charge is 0.245 e. The summed E-state index contributed by atoms with van der Waals surface area (Å²) in [6.45, 7) is 4.80. The highest BCUT2D eigenvalue weighted by Crippen LogP contribution is 2.15. The third-order valence-electron chi connectivity index (χ3n) is 3.29. The van der Waals surface area contributed by atoms with Gasteiger partial charge in [0.15, 0.2) is 5.82 Å². The van der Waals surface area contributed by atoms with Crippen molar-refractivity contribution in [3.05, 3.63) is 12.3 Å². The molecule has 1 unspecified atom stereocenters. The third kappa shape index (κ3) is 4.56. The van der Waals surface area contributed by atoms with Crippen LogP contribution in [-0.4, -0.2) is 47.7 Å². The monoisotopic (exact) mass is 295 g/mol.